The van der Waals surface area contributed by atoms with E-state index in [0.29, 0.717) is 60.1 Å². The molecular formula is C38H39N7O4. The van der Waals surface area contributed by atoms with Gasteiger partial charge in [-0.2, -0.15) is 5.26 Å². The Balaban J connectivity index is 1.16. The maximum absolute atomic E-state index is 13.5. The van der Waals surface area contributed by atoms with Gasteiger partial charge in [-0.15, -0.1) is 0 Å². The van der Waals surface area contributed by atoms with Crippen LogP contribution in [0.3, 0.4) is 0 Å². The number of carbonyl (C=O) groups excluding carboxylic acids is 1. The predicted octanol–water partition coefficient (Wildman–Crippen LogP) is 5.92. The second kappa shape index (κ2) is 13.0. The normalized spacial score (nSPS) is 16.5. The summed E-state index contributed by atoms with van der Waals surface area (Å²) in [5, 5.41) is 22.5. The molecule has 5 aromatic rings. The first-order valence-electron chi connectivity index (χ1n) is 16.7. The SMILES string of the molecule is CCN1CCc2c(nc(C(=O)Nc3cccc(-c4cccc(-c5nc6cc(CN7CCC(C(=O)O)C7)cc(C#N)c6o5)c4C)c3C)n2C)C1. The topological polar surface area (TPSA) is 141 Å². The zero-order valence-corrected chi connectivity index (χ0v) is 28.2. The molecule has 11 heteroatoms. The van der Waals surface area contributed by atoms with Crippen LogP contribution < -0.4 is 5.32 Å². The second-order valence-corrected chi connectivity index (χ2v) is 13.1. The molecule has 11 nitrogen and oxygen atoms in total. The number of carboxylic acids is 1. The number of hydrogen-bond donors (Lipinski definition) is 2. The van der Waals surface area contributed by atoms with E-state index in [1.54, 1.807) is 6.07 Å². The Morgan fingerprint density at radius 3 is 2.53 bits per heavy atom. The Labute approximate surface area is 284 Å². The van der Waals surface area contributed by atoms with Crippen molar-refractivity contribution in [2.24, 2.45) is 13.0 Å². The molecule has 0 spiro atoms. The number of nitriles is 1. The molecule has 0 radical (unpaired) electrons. The van der Waals surface area contributed by atoms with Gasteiger partial charge >= 0.3 is 5.97 Å². The molecule has 1 fully saturated rings. The lowest BCUT2D eigenvalue weighted by atomic mass is 9.93. The first kappa shape index (κ1) is 32.2. The van der Waals surface area contributed by atoms with E-state index in [4.69, 9.17) is 14.4 Å². The summed E-state index contributed by atoms with van der Waals surface area (Å²) in [5.41, 5.74) is 9.72. The Morgan fingerprint density at radius 1 is 1.04 bits per heavy atom. The fourth-order valence-corrected chi connectivity index (χ4v) is 7.27. The summed E-state index contributed by atoms with van der Waals surface area (Å²) < 4.78 is 8.17. The van der Waals surface area contributed by atoms with Gasteiger partial charge in [0.2, 0.25) is 5.89 Å². The minimum atomic E-state index is -0.771. The van der Waals surface area contributed by atoms with Crippen LogP contribution in [0.25, 0.3) is 33.7 Å². The number of anilines is 1. The summed E-state index contributed by atoms with van der Waals surface area (Å²) in [7, 11) is 1.91. The fraction of sp³-hybridized carbons (Fsp3) is 0.342. The number of carbonyl (C=O) groups is 2. The number of likely N-dealkylation sites (tertiary alicyclic amines) is 1. The van der Waals surface area contributed by atoms with Crippen LogP contribution in [0.5, 0.6) is 0 Å². The third-order valence-electron chi connectivity index (χ3n) is 10.1. The van der Waals surface area contributed by atoms with Crippen LogP contribution in [0.15, 0.2) is 52.9 Å². The number of hydrogen-bond acceptors (Lipinski definition) is 8. The molecule has 0 aliphatic carbocycles. The van der Waals surface area contributed by atoms with E-state index in [1.807, 2.05) is 67.9 Å². The van der Waals surface area contributed by atoms with Crippen molar-refractivity contribution < 1.29 is 19.1 Å². The first-order chi connectivity index (χ1) is 23.6. The molecule has 0 bridgehead atoms. The number of oxazole rings is 1. The van der Waals surface area contributed by atoms with Crippen LogP contribution in [0.2, 0.25) is 0 Å². The van der Waals surface area contributed by atoms with Gasteiger partial charge in [0.05, 0.1) is 17.2 Å². The van der Waals surface area contributed by atoms with E-state index >= 15 is 0 Å². The van der Waals surface area contributed by atoms with E-state index in [9.17, 15) is 20.0 Å². The van der Waals surface area contributed by atoms with Gasteiger partial charge in [-0.05, 0) is 85.4 Å². The van der Waals surface area contributed by atoms with Gasteiger partial charge in [0, 0.05) is 56.6 Å². The van der Waals surface area contributed by atoms with Crippen LogP contribution in [0.4, 0.5) is 5.69 Å². The molecule has 4 heterocycles. The highest BCUT2D eigenvalue weighted by Gasteiger charge is 2.29. The third-order valence-corrected chi connectivity index (χ3v) is 10.1. The Bertz CT molecular complexity index is 2160. The lowest BCUT2D eigenvalue weighted by Gasteiger charge is -2.24. The summed E-state index contributed by atoms with van der Waals surface area (Å²) in [6.45, 7) is 10.5. The summed E-state index contributed by atoms with van der Waals surface area (Å²) >= 11 is 0. The molecule has 250 valence electrons. The maximum atomic E-state index is 13.5. The van der Waals surface area contributed by atoms with Crippen molar-refractivity contribution in [3.8, 4) is 28.7 Å². The average molecular weight is 658 g/mol. The third kappa shape index (κ3) is 5.98. The van der Waals surface area contributed by atoms with Crippen molar-refractivity contribution in [1.82, 2.24) is 24.3 Å². The number of nitrogens with one attached hydrogen (secondary N) is 1. The average Bonchev–Trinajstić information content (AvgIpc) is 3.83. The number of fused-ring (bicyclic) bond motifs is 2. The number of imidazole rings is 1. The zero-order valence-electron chi connectivity index (χ0n) is 28.2. The van der Waals surface area contributed by atoms with Gasteiger partial charge < -0.3 is 19.4 Å². The van der Waals surface area contributed by atoms with Crippen LogP contribution in [0.1, 0.15) is 57.6 Å². The molecule has 7 rings (SSSR count). The zero-order chi connectivity index (χ0) is 34.4. The molecule has 1 atom stereocenters. The molecule has 2 aromatic heterocycles. The molecule has 49 heavy (non-hydrogen) atoms. The predicted molar refractivity (Wildman–Crippen MR) is 186 cm³/mol. The van der Waals surface area contributed by atoms with Crippen molar-refractivity contribution in [3.63, 3.8) is 0 Å². The highest BCUT2D eigenvalue weighted by atomic mass is 16.4. The van der Waals surface area contributed by atoms with Crippen molar-refractivity contribution in [1.29, 1.82) is 5.26 Å². The van der Waals surface area contributed by atoms with E-state index in [-0.39, 0.29) is 11.8 Å². The summed E-state index contributed by atoms with van der Waals surface area (Å²) in [4.78, 5) is 38.9. The molecule has 1 amide bonds. The summed E-state index contributed by atoms with van der Waals surface area (Å²) in [6, 6.07) is 17.8. The van der Waals surface area contributed by atoms with Crippen LogP contribution in [-0.4, -0.2) is 67.5 Å². The van der Waals surface area contributed by atoms with Crippen molar-refractivity contribution in [2.75, 3.05) is 31.5 Å². The minimum absolute atomic E-state index is 0.240. The van der Waals surface area contributed by atoms with Crippen molar-refractivity contribution in [2.45, 2.75) is 46.7 Å². The van der Waals surface area contributed by atoms with Crippen molar-refractivity contribution in [3.05, 3.63) is 88.0 Å². The van der Waals surface area contributed by atoms with Crippen LogP contribution in [0, 0.1) is 31.1 Å². The van der Waals surface area contributed by atoms with E-state index in [1.165, 1.54) is 0 Å². The minimum Gasteiger partial charge on any atom is -0.481 e. The van der Waals surface area contributed by atoms with E-state index in [2.05, 4.69) is 28.1 Å². The summed E-state index contributed by atoms with van der Waals surface area (Å²) in [5.74, 6) is -0.556. The molecule has 0 saturated carbocycles. The van der Waals surface area contributed by atoms with E-state index in [0.717, 1.165) is 70.8 Å². The van der Waals surface area contributed by atoms with Gasteiger partial charge in [-0.1, -0.05) is 31.2 Å². The Morgan fingerprint density at radius 2 is 1.80 bits per heavy atom. The molecule has 1 saturated heterocycles. The molecule has 3 aromatic carbocycles. The first-order valence-corrected chi connectivity index (χ1v) is 16.7. The lowest BCUT2D eigenvalue weighted by molar-refractivity contribution is -0.141. The molecule has 2 N–H and O–H groups in total. The van der Waals surface area contributed by atoms with Crippen molar-refractivity contribution >= 4 is 28.7 Å². The van der Waals surface area contributed by atoms with Gasteiger partial charge in [0.15, 0.2) is 11.4 Å². The number of likely N-dealkylation sites (N-methyl/N-ethyl adjacent to an activating group) is 1. The quantitative estimate of drug-likeness (QED) is 0.208. The highest BCUT2D eigenvalue weighted by molar-refractivity contribution is 6.03. The number of amides is 1. The van der Waals surface area contributed by atoms with Gasteiger partial charge in [-0.3, -0.25) is 19.4 Å². The monoisotopic (exact) mass is 657 g/mol. The molecule has 1 unspecified atom stereocenters. The number of aromatic nitrogens is 3. The lowest BCUT2D eigenvalue weighted by Crippen LogP contribution is -2.30. The molecule has 2 aliphatic rings. The smallest absolute Gasteiger partial charge is 0.307 e. The maximum Gasteiger partial charge on any atom is 0.307 e. The Hall–Kier alpha value is -5.31. The highest BCUT2D eigenvalue weighted by Crippen LogP contribution is 2.37. The number of carboxylic acid groups (broad SMARTS) is 1. The number of rotatable bonds is 8. The Kier molecular flexibility index (Phi) is 8.52. The van der Waals surface area contributed by atoms with Gasteiger partial charge in [-0.25, -0.2) is 9.97 Å². The largest absolute Gasteiger partial charge is 0.481 e. The molecular weight excluding hydrogens is 618 g/mol. The van der Waals surface area contributed by atoms with E-state index < -0.39 is 5.97 Å². The standard InChI is InChI=1S/C38H39N7O4/c1-5-44-15-13-33-32(21-44)40-35(43(33)4)36(46)41-30-11-7-9-28(23(30)3)27-8-6-10-29(22(27)2)37-42-31-17-24(16-26(18-39)34(31)49-37)19-45-14-12-25(20-45)38(47)48/h6-11,16-17,25H,5,12-15,19-21H2,1-4H3,(H,41,46)(H,47,48). The summed E-state index contributed by atoms with van der Waals surface area (Å²) in [6.07, 6.45) is 1.49. The van der Waals surface area contributed by atoms with Crippen LogP contribution in [-0.2, 0) is 31.4 Å². The number of benzene rings is 3. The van der Waals surface area contributed by atoms with Gasteiger partial charge in [0.25, 0.3) is 5.91 Å². The second-order valence-electron chi connectivity index (χ2n) is 13.1. The molecule has 2 aliphatic heterocycles. The van der Waals surface area contributed by atoms with Crippen LogP contribution >= 0.6 is 0 Å². The fourth-order valence-electron chi connectivity index (χ4n) is 7.27. The number of aliphatic carboxylic acids is 1. The van der Waals surface area contributed by atoms with Gasteiger partial charge in [0.1, 0.15) is 11.6 Å². The number of nitrogens with zero attached hydrogens (tertiary/aromatic N) is 6.